The number of hydrogen-bond acceptors (Lipinski definition) is 3. The highest BCUT2D eigenvalue weighted by Gasteiger charge is 2.39. The number of aliphatic hydroxyl groups is 1. The summed E-state index contributed by atoms with van der Waals surface area (Å²) in [7, 11) is 2.09. The Kier molecular flexibility index (Phi) is 2.93. The van der Waals surface area contributed by atoms with E-state index in [-0.39, 0.29) is 0 Å². The molecule has 1 aliphatic rings. The molecular weight excluding hydrogens is 242 g/mol. The Bertz CT molecular complexity index is 552. The van der Waals surface area contributed by atoms with Crippen molar-refractivity contribution >= 4 is 21.4 Å². The Balaban J connectivity index is 1.89. The molecule has 2 heterocycles. The third-order valence-electron chi connectivity index (χ3n) is 4.05. The van der Waals surface area contributed by atoms with Gasteiger partial charge in [0.15, 0.2) is 0 Å². The van der Waals surface area contributed by atoms with Crippen molar-refractivity contribution in [2.24, 2.45) is 0 Å². The van der Waals surface area contributed by atoms with Gasteiger partial charge in [-0.25, -0.2) is 0 Å². The second kappa shape index (κ2) is 4.34. The maximum absolute atomic E-state index is 10.7. The van der Waals surface area contributed by atoms with Crippen molar-refractivity contribution in [2.75, 3.05) is 13.6 Å². The number of thiophene rings is 1. The second-order valence-corrected chi connectivity index (χ2v) is 6.54. The molecule has 0 spiro atoms. The predicted molar refractivity (Wildman–Crippen MR) is 77.2 cm³/mol. The van der Waals surface area contributed by atoms with E-state index in [2.05, 4.69) is 48.5 Å². The molecule has 0 radical (unpaired) electrons. The average Bonchev–Trinajstić information content (AvgIpc) is 2.82. The van der Waals surface area contributed by atoms with Crippen molar-refractivity contribution in [1.82, 2.24) is 4.90 Å². The van der Waals surface area contributed by atoms with Crippen molar-refractivity contribution in [3.63, 3.8) is 0 Å². The van der Waals surface area contributed by atoms with Gasteiger partial charge in [-0.2, -0.15) is 0 Å². The van der Waals surface area contributed by atoms with Gasteiger partial charge in [0.1, 0.15) is 0 Å². The van der Waals surface area contributed by atoms with Gasteiger partial charge in [0.2, 0.25) is 0 Å². The van der Waals surface area contributed by atoms with Crippen molar-refractivity contribution < 1.29 is 5.11 Å². The van der Waals surface area contributed by atoms with Gasteiger partial charge in [0.05, 0.1) is 5.60 Å². The summed E-state index contributed by atoms with van der Waals surface area (Å²) in [5, 5.41) is 14.2. The topological polar surface area (TPSA) is 23.5 Å². The summed E-state index contributed by atoms with van der Waals surface area (Å²) >= 11 is 1.77. The van der Waals surface area contributed by atoms with Crippen molar-refractivity contribution in [2.45, 2.75) is 31.4 Å². The first-order valence-electron chi connectivity index (χ1n) is 6.45. The van der Waals surface area contributed by atoms with E-state index >= 15 is 0 Å². The molecule has 18 heavy (non-hydrogen) atoms. The molecule has 1 aromatic heterocycles. The van der Waals surface area contributed by atoms with E-state index < -0.39 is 5.60 Å². The summed E-state index contributed by atoms with van der Waals surface area (Å²) in [6.07, 6.45) is 1.64. The molecule has 2 nitrogen and oxygen atoms in total. The Morgan fingerprint density at radius 1 is 1.44 bits per heavy atom. The lowest BCUT2D eigenvalue weighted by Crippen LogP contribution is -2.34. The number of β-amino-alcohol motifs (C(OH)–C–C–N with tert-alkyl or cyclic N) is 1. The van der Waals surface area contributed by atoms with E-state index in [1.807, 2.05) is 0 Å². The highest BCUT2D eigenvalue weighted by molar-refractivity contribution is 7.17. The molecule has 0 aliphatic carbocycles. The molecule has 1 saturated heterocycles. The number of fused-ring (bicyclic) bond motifs is 1. The number of likely N-dealkylation sites (tertiary alicyclic amines) is 1. The smallest absolute Gasteiger partial charge is 0.0829 e. The molecule has 2 unspecified atom stereocenters. The molecule has 0 bridgehead atoms. The SMILES string of the molecule is CC1CC(O)(Cc2csc3ccccc23)CN1C. The molecule has 96 valence electrons. The summed E-state index contributed by atoms with van der Waals surface area (Å²) in [5.74, 6) is 0. The fraction of sp³-hybridized carbons (Fsp3) is 0.467. The van der Waals surface area contributed by atoms with Gasteiger partial charge >= 0.3 is 0 Å². The summed E-state index contributed by atoms with van der Waals surface area (Å²) < 4.78 is 1.32. The van der Waals surface area contributed by atoms with E-state index in [4.69, 9.17) is 0 Å². The van der Waals surface area contributed by atoms with Crippen LogP contribution in [0.3, 0.4) is 0 Å². The van der Waals surface area contributed by atoms with Gasteiger partial charge < -0.3 is 10.0 Å². The van der Waals surface area contributed by atoms with Crippen LogP contribution in [-0.2, 0) is 6.42 Å². The number of nitrogens with zero attached hydrogens (tertiary/aromatic N) is 1. The lowest BCUT2D eigenvalue weighted by Gasteiger charge is -2.22. The molecule has 1 N–H and O–H groups in total. The van der Waals surface area contributed by atoms with E-state index in [0.29, 0.717) is 6.04 Å². The van der Waals surface area contributed by atoms with E-state index in [1.54, 1.807) is 11.3 Å². The summed E-state index contributed by atoms with van der Waals surface area (Å²) in [4.78, 5) is 2.24. The van der Waals surface area contributed by atoms with Gasteiger partial charge in [0, 0.05) is 23.7 Å². The third kappa shape index (κ3) is 2.07. The number of hydrogen-bond donors (Lipinski definition) is 1. The predicted octanol–water partition coefficient (Wildman–Crippen LogP) is 2.90. The number of likely N-dealkylation sites (N-methyl/N-ethyl adjacent to an activating group) is 1. The Hall–Kier alpha value is -0.900. The monoisotopic (exact) mass is 261 g/mol. The van der Waals surface area contributed by atoms with Crippen LogP contribution in [0.15, 0.2) is 29.6 Å². The third-order valence-corrected chi connectivity index (χ3v) is 5.06. The zero-order chi connectivity index (χ0) is 12.8. The van der Waals surface area contributed by atoms with Crippen LogP contribution in [0.1, 0.15) is 18.9 Å². The molecule has 3 rings (SSSR count). The minimum Gasteiger partial charge on any atom is -0.388 e. The highest BCUT2D eigenvalue weighted by atomic mass is 32.1. The molecule has 0 amide bonds. The van der Waals surface area contributed by atoms with Crippen molar-refractivity contribution in [3.05, 3.63) is 35.2 Å². The van der Waals surface area contributed by atoms with Crippen LogP contribution in [0.4, 0.5) is 0 Å². The quantitative estimate of drug-likeness (QED) is 0.898. The number of benzene rings is 1. The number of rotatable bonds is 2. The average molecular weight is 261 g/mol. The molecule has 2 aromatic rings. The first kappa shape index (κ1) is 12.2. The fourth-order valence-electron chi connectivity index (χ4n) is 3.04. The van der Waals surface area contributed by atoms with Crippen LogP contribution in [0.25, 0.3) is 10.1 Å². The van der Waals surface area contributed by atoms with Gasteiger partial charge in [0.25, 0.3) is 0 Å². The van der Waals surface area contributed by atoms with E-state index in [0.717, 1.165) is 19.4 Å². The van der Waals surface area contributed by atoms with Crippen LogP contribution in [0.5, 0.6) is 0 Å². The fourth-order valence-corrected chi connectivity index (χ4v) is 4.01. The molecule has 2 atom stereocenters. The Morgan fingerprint density at radius 2 is 2.22 bits per heavy atom. The van der Waals surface area contributed by atoms with Crippen LogP contribution in [0, 0.1) is 0 Å². The first-order chi connectivity index (χ1) is 8.57. The van der Waals surface area contributed by atoms with Gasteiger partial charge in [-0.3, -0.25) is 0 Å². The van der Waals surface area contributed by atoms with Crippen LogP contribution in [0.2, 0.25) is 0 Å². The normalized spacial score (nSPS) is 29.2. The van der Waals surface area contributed by atoms with Crippen LogP contribution >= 0.6 is 11.3 Å². The largest absolute Gasteiger partial charge is 0.388 e. The Labute approximate surface area is 112 Å². The zero-order valence-corrected chi connectivity index (χ0v) is 11.7. The maximum atomic E-state index is 10.7. The van der Waals surface area contributed by atoms with Gasteiger partial charge in [-0.05, 0) is 42.8 Å². The zero-order valence-electron chi connectivity index (χ0n) is 10.9. The minimum atomic E-state index is -0.558. The molecule has 1 aromatic carbocycles. The summed E-state index contributed by atoms with van der Waals surface area (Å²) in [6, 6.07) is 8.93. The lowest BCUT2D eigenvalue weighted by atomic mass is 9.92. The Morgan fingerprint density at radius 3 is 2.94 bits per heavy atom. The molecule has 0 saturated carbocycles. The first-order valence-corrected chi connectivity index (χ1v) is 7.33. The lowest BCUT2D eigenvalue weighted by molar-refractivity contribution is 0.0524. The molecule has 3 heteroatoms. The minimum absolute atomic E-state index is 0.472. The van der Waals surface area contributed by atoms with E-state index in [9.17, 15) is 5.11 Å². The maximum Gasteiger partial charge on any atom is 0.0829 e. The van der Waals surface area contributed by atoms with Crippen molar-refractivity contribution in [3.8, 4) is 0 Å². The van der Waals surface area contributed by atoms with Gasteiger partial charge in [-0.15, -0.1) is 11.3 Å². The standard InChI is InChI=1S/C15H19NOS/c1-11-7-15(17,10-16(11)2)8-12-9-18-14-6-4-3-5-13(12)14/h3-6,9,11,17H,7-8,10H2,1-2H3. The van der Waals surface area contributed by atoms with Crippen LogP contribution in [-0.4, -0.2) is 35.2 Å². The summed E-state index contributed by atoms with van der Waals surface area (Å²) in [5.41, 5.74) is 0.735. The van der Waals surface area contributed by atoms with E-state index in [1.165, 1.54) is 15.6 Å². The molecular formula is C15H19NOS. The highest BCUT2D eigenvalue weighted by Crippen LogP contribution is 2.33. The molecule has 1 aliphatic heterocycles. The van der Waals surface area contributed by atoms with Gasteiger partial charge in [-0.1, -0.05) is 18.2 Å². The molecule has 1 fully saturated rings. The van der Waals surface area contributed by atoms with Crippen molar-refractivity contribution in [1.29, 1.82) is 0 Å². The second-order valence-electron chi connectivity index (χ2n) is 5.63. The summed E-state index contributed by atoms with van der Waals surface area (Å²) in [6.45, 7) is 2.96. The van der Waals surface area contributed by atoms with Crippen LogP contribution < -0.4 is 0 Å².